The third-order valence-electron chi connectivity index (χ3n) is 2.19. The van der Waals surface area contributed by atoms with Crippen molar-refractivity contribution in [2.75, 3.05) is 36.1 Å². The van der Waals surface area contributed by atoms with Gasteiger partial charge in [0.2, 0.25) is 11.8 Å². The second kappa shape index (κ2) is 4.79. The molecule has 0 aliphatic carbocycles. The van der Waals surface area contributed by atoms with E-state index in [4.69, 9.17) is 0 Å². The summed E-state index contributed by atoms with van der Waals surface area (Å²) in [5, 5.41) is 10.9. The second-order valence-corrected chi connectivity index (χ2v) is 3.57. The Morgan fingerprint density at radius 2 is 2.35 bits per heavy atom. The largest absolute Gasteiger partial charge is 0.359 e. The molecule has 1 aromatic heterocycles. The molecule has 90 valence electrons. The first-order valence-electron chi connectivity index (χ1n) is 5.18. The van der Waals surface area contributed by atoms with E-state index >= 15 is 0 Å². The van der Waals surface area contributed by atoms with Gasteiger partial charge in [0, 0.05) is 0 Å². The fourth-order valence-electron chi connectivity index (χ4n) is 1.47. The maximum absolute atomic E-state index is 11.3. The molecule has 2 amide bonds. The standard InChI is InChI=1S/C10H13N5O2/c1-11-4-8(16)14-7-3-2-6-10(15-7)12-5-9(17)13-6/h2-3,11H,4-5H2,1H3,(H,13,17)(H2,12,14,15,16). The number of pyridine rings is 1. The van der Waals surface area contributed by atoms with Gasteiger partial charge in [-0.05, 0) is 19.2 Å². The first-order chi connectivity index (χ1) is 8.19. The highest BCUT2D eigenvalue weighted by atomic mass is 16.2. The van der Waals surface area contributed by atoms with Crippen molar-refractivity contribution in [2.24, 2.45) is 0 Å². The highest BCUT2D eigenvalue weighted by molar-refractivity contribution is 6.00. The lowest BCUT2D eigenvalue weighted by Crippen LogP contribution is -2.29. The molecule has 1 aliphatic rings. The molecule has 2 rings (SSSR count). The van der Waals surface area contributed by atoms with Crippen molar-refractivity contribution in [3.05, 3.63) is 12.1 Å². The van der Waals surface area contributed by atoms with Gasteiger partial charge >= 0.3 is 0 Å². The first-order valence-corrected chi connectivity index (χ1v) is 5.18. The molecule has 0 saturated carbocycles. The lowest BCUT2D eigenvalue weighted by Gasteiger charge is -2.18. The molecule has 0 radical (unpaired) electrons. The lowest BCUT2D eigenvalue weighted by atomic mass is 10.3. The van der Waals surface area contributed by atoms with Crippen molar-refractivity contribution >= 4 is 29.1 Å². The monoisotopic (exact) mass is 235 g/mol. The Morgan fingerprint density at radius 3 is 3.12 bits per heavy atom. The number of likely N-dealkylation sites (N-methyl/N-ethyl adjacent to an activating group) is 1. The second-order valence-electron chi connectivity index (χ2n) is 3.57. The molecule has 0 fully saturated rings. The van der Waals surface area contributed by atoms with Crippen molar-refractivity contribution < 1.29 is 9.59 Å². The lowest BCUT2D eigenvalue weighted by molar-refractivity contribution is -0.116. The smallest absolute Gasteiger partial charge is 0.243 e. The number of carbonyl (C=O) groups excluding carboxylic acids is 2. The van der Waals surface area contributed by atoms with Gasteiger partial charge in [-0.25, -0.2) is 4.98 Å². The van der Waals surface area contributed by atoms with Crippen LogP contribution in [-0.4, -0.2) is 36.9 Å². The van der Waals surface area contributed by atoms with Gasteiger partial charge in [0.15, 0.2) is 5.82 Å². The van der Waals surface area contributed by atoms with Crippen LogP contribution in [0.3, 0.4) is 0 Å². The number of amides is 2. The maximum Gasteiger partial charge on any atom is 0.243 e. The van der Waals surface area contributed by atoms with E-state index in [1.807, 2.05) is 0 Å². The van der Waals surface area contributed by atoms with E-state index in [9.17, 15) is 9.59 Å². The molecule has 2 heterocycles. The Hall–Kier alpha value is -2.15. The molecule has 0 atom stereocenters. The van der Waals surface area contributed by atoms with E-state index in [-0.39, 0.29) is 24.9 Å². The van der Waals surface area contributed by atoms with Gasteiger partial charge in [0.05, 0.1) is 18.8 Å². The number of hydrogen-bond donors (Lipinski definition) is 4. The number of rotatable bonds is 3. The Kier molecular flexibility index (Phi) is 3.20. The molecule has 0 bridgehead atoms. The Labute approximate surface area is 98.0 Å². The summed E-state index contributed by atoms with van der Waals surface area (Å²) in [5.74, 6) is 0.741. The van der Waals surface area contributed by atoms with Crippen LogP contribution in [0.25, 0.3) is 0 Å². The molecule has 0 aromatic carbocycles. The SMILES string of the molecule is CNCC(=O)Nc1ccc2c(n1)NCC(=O)N2. The maximum atomic E-state index is 11.3. The van der Waals surface area contributed by atoms with Crippen LogP contribution in [-0.2, 0) is 9.59 Å². The molecule has 7 nitrogen and oxygen atoms in total. The number of hydrogen-bond acceptors (Lipinski definition) is 5. The van der Waals surface area contributed by atoms with Crippen molar-refractivity contribution in [3.8, 4) is 0 Å². The van der Waals surface area contributed by atoms with Crippen LogP contribution in [0.2, 0.25) is 0 Å². The zero-order valence-corrected chi connectivity index (χ0v) is 9.33. The van der Waals surface area contributed by atoms with Crippen LogP contribution in [0.15, 0.2) is 12.1 Å². The van der Waals surface area contributed by atoms with Crippen LogP contribution in [0.4, 0.5) is 17.3 Å². The predicted molar refractivity (Wildman–Crippen MR) is 63.9 cm³/mol. The average molecular weight is 235 g/mol. The molecular weight excluding hydrogens is 222 g/mol. The molecule has 7 heteroatoms. The molecule has 0 spiro atoms. The highest BCUT2D eigenvalue weighted by Gasteiger charge is 2.15. The molecule has 1 aromatic rings. The summed E-state index contributed by atoms with van der Waals surface area (Å²) in [4.78, 5) is 26.6. The summed E-state index contributed by atoms with van der Waals surface area (Å²) in [7, 11) is 1.69. The number of nitrogens with one attached hydrogen (secondary N) is 4. The van der Waals surface area contributed by atoms with Crippen LogP contribution in [0.5, 0.6) is 0 Å². The highest BCUT2D eigenvalue weighted by Crippen LogP contribution is 2.23. The third kappa shape index (κ3) is 2.70. The predicted octanol–water partition coefficient (Wildman–Crippen LogP) is -0.397. The Balaban J connectivity index is 2.11. The van der Waals surface area contributed by atoms with Crippen LogP contribution >= 0.6 is 0 Å². The summed E-state index contributed by atoms with van der Waals surface area (Å²) in [6, 6.07) is 3.33. The number of nitrogens with zero attached hydrogens (tertiary/aromatic N) is 1. The molecule has 4 N–H and O–H groups in total. The van der Waals surface area contributed by atoms with Crippen molar-refractivity contribution in [1.82, 2.24) is 10.3 Å². The normalized spacial score (nSPS) is 13.4. The minimum Gasteiger partial charge on any atom is -0.359 e. The van der Waals surface area contributed by atoms with E-state index in [1.54, 1.807) is 19.2 Å². The van der Waals surface area contributed by atoms with Gasteiger partial charge in [-0.15, -0.1) is 0 Å². The van der Waals surface area contributed by atoms with Gasteiger partial charge in [-0.2, -0.15) is 0 Å². The number of carbonyl (C=O) groups is 2. The van der Waals surface area contributed by atoms with Crippen molar-refractivity contribution in [1.29, 1.82) is 0 Å². The number of fused-ring (bicyclic) bond motifs is 1. The average Bonchev–Trinajstić information content (AvgIpc) is 2.29. The van der Waals surface area contributed by atoms with Gasteiger partial charge in [0.25, 0.3) is 0 Å². The van der Waals surface area contributed by atoms with Crippen LogP contribution in [0, 0.1) is 0 Å². The Bertz CT molecular complexity index is 460. The van der Waals surface area contributed by atoms with Gasteiger partial charge in [-0.1, -0.05) is 0 Å². The topological polar surface area (TPSA) is 95.2 Å². The zero-order chi connectivity index (χ0) is 12.3. The van der Waals surface area contributed by atoms with Gasteiger partial charge in [-0.3, -0.25) is 9.59 Å². The molecule has 0 saturated heterocycles. The summed E-state index contributed by atoms with van der Waals surface area (Å²) in [6.45, 7) is 0.414. The summed E-state index contributed by atoms with van der Waals surface area (Å²) in [6.07, 6.45) is 0. The fourth-order valence-corrected chi connectivity index (χ4v) is 1.47. The van der Waals surface area contributed by atoms with Crippen LogP contribution < -0.4 is 21.3 Å². The molecular formula is C10H13N5O2. The van der Waals surface area contributed by atoms with Crippen molar-refractivity contribution in [2.45, 2.75) is 0 Å². The minimum absolute atomic E-state index is 0.105. The Morgan fingerprint density at radius 1 is 1.53 bits per heavy atom. The fraction of sp³-hybridized carbons (Fsp3) is 0.300. The minimum atomic E-state index is -0.167. The van der Waals surface area contributed by atoms with E-state index in [0.29, 0.717) is 17.3 Å². The number of anilines is 3. The first kappa shape index (κ1) is 11.3. The number of aromatic nitrogens is 1. The van der Waals surface area contributed by atoms with E-state index in [1.165, 1.54) is 0 Å². The quantitative estimate of drug-likeness (QED) is 0.572. The molecule has 1 aliphatic heterocycles. The molecule has 0 unspecified atom stereocenters. The summed E-state index contributed by atoms with van der Waals surface area (Å²) < 4.78 is 0. The van der Waals surface area contributed by atoms with Gasteiger partial charge in [0.1, 0.15) is 5.82 Å². The van der Waals surface area contributed by atoms with Crippen molar-refractivity contribution in [3.63, 3.8) is 0 Å². The molecule has 17 heavy (non-hydrogen) atoms. The van der Waals surface area contributed by atoms with E-state index in [0.717, 1.165) is 0 Å². The van der Waals surface area contributed by atoms with E-state index in [2.05, 4.69) is 26.3 Å². The van der Waals surface area contributed by atoms with E-state index < -0.39 is 0 Å². The third-order valence-corrected chi connectivity index (χ3v) is 2.19. The van der Waals surface area contributed by atoms with Gasteiger partial charge < -0.3 is 21.3 Å². The summed E-state index contributed by atoms with van der Waals surface area (Å²) >= 11 is 0. The summed E-state index contributed by atoms with van der Waals surface area (Å²) in [5.41, 5.74) is 0.618. The zero-order valence-electron chi connectivity index (χ0n) is 9.33. The van der Waals surface area contributed by atoms with Crippen LogP contribution in [0.1, 0.15) is 0 Å².